The molecule has 0 aromatic rings. The van der Waals surface area contributed by atoms with Gasteiger partial charge in [-0.05, 0) is 0 Å². The van der Waals surface area contributed by atoms with Crippen molar-refractivity contribution < 1.29 is 59.4 Å². The maximum atomic E-state index is 12.2. The Balaban J connectivity index is 6.40. The average molecular weight is 420 g/mol. The molecule has 0 bridgehead atoms. The minimum absolute atomic E-state index is 0.891. The van der Waals surface area contributed by atoms with E-state index in [0.29, 0.717) is 0 Å². The maximum Gasteiger partial charge on any atom is 0.310 e. The fourth-order valence-electron chi connectivity index (χ4n) is 3.23. The van der Waals surface area contributed by atoms with Crippen molar-refractivity contribution in [3.05, 3.63) is 0 Å². The Bertz CT molecular complexity index is 579. The van der Waals surface area contributed by atoms with E-state index in [2.05, 4.69) is 0 Å². The van der Waals surface area contributed by atoms with E-state index in [1.54, 1.807) is 0 Å². The first-order valence-electron chi connectivity index (χ1n) is 8.40. The minimum atomic E-state index is -2.10. The zero-order chi connectivity index (χ0) is 22.8. The molecule has 0 atom stereocenters. The van der Waals surface area contributed by atoms with Crippen LogP contribution in [0.3, 0.4) is 0 Å². The summed E-state index contributed by atoms with van der Waals surface area (Å²) in [7, 11) is 0. The highest BCUT2D eigenvalue weighted by molar-refractivity contribution is 5.99. The second-order valence-corrected chi connectivity index (χ2v) is 6.89. The molecule has 0 rings (SSSR count). The lowest BCUT2D eigenvalue weighted by atomic mass is 9.57. The van der Waals surface area contributed by atoms with Crippen molar-refractivity contribution in [2.24, 2.45) is 10.8 Å². The fourth-order valence-corrected chi connectivity index (χ4v) is 3.23. The highest BCUT2D eigenvalue weighted by Gasteiger charge is 2.53. The van der Waals surface area contributed by atoms with Gasteiger partial charge >= 0.3 is 17.9 Å². The molecule has 0 aliphatic carbocycles. The lowest BCUT2D eigenvalue weighted by Crippen LogP contribution is -2.53. The molecule has 0 aliphatic rings. The number of aliphatic hydroxyl groups excluding tert-OH is 3. The molecular formula is C17H24O12. The average Bonchev–Trinajstić information content (AvgIpc) is 2.53. The molecule has 12 nitrogen and oxygen atoms in total. The Hall–Kier alpha value is -2.70. The number of carboxylic acids is 3. The van der Waals surface area contributed by atoms with Gasteiger partial charge in [-0.2, -0.15) is 0 Å². The summed E-state index contributed by atoms with van der Waals surface area (Å²) < 4.78 is 0. The summed E-state index contributed by atoms with van der Waals surface area (Å²) >= 11 is 0. The quantitative estimate of drug-likeness (QED) is 0.153. The van der Waals surface area contributed by atoms with Gasteiger partial charge in [0.05, 0.1) is 19.8 Å². The predicted octanol–water partition coefficient (Wildman–Crippen LogP) is -1.76. The SMILES string of the molecule is O=C(O)CC(=O)CC(CC(=O)CC(=O)O)(CC(=O)CC(=O)O)C(CO)(CO)CO. The maximum absolute atomic E-state index is 12.2. The summed E-state index contributed by atoms with van der Waals surface area (Å²) in [5.74, 6) is -7.70. The first-order valence-corrected chi connectivity index (χ1v) is 8.40. The molecule has 164 valence electrons. The van der Waals surface area contributed by atoms with Gasteiger partial charge in [-0.25, -0.2) is 0 Å². The van der Waals surface area contributed by atoms with E-state index in [0.717, 1.165) is 0 Å². The second kappa shape index (κ2) is 11.3. The summed E-state index contributed by atoms with van der Waals surface area (Å²) in [6, 6.07) is 0. The third kappa shape index (κ3) is 7.68. The van der Waals surface area contributed by atoms with Crippen LogP contribution < -0.4 is 0 Å². The smallest absolute Gasteiger partial charge is 0.310 e. The molecule has 0 saturated carbocycles. The van der Waals surface area contributed by atoms with Gasteiger partial charge < -0.3 is 30.6 Å². The van der Waals surface area contributed by atoms with E-state index in [1.165, 1.54) is 0 Å². The van der Waals surface area contributed by atoms with E-state index in [4.69, 9.17) is 15.3 Å². The van der Waals surface area contributed by atoms with Gasteiger partial charge in [0.15, 0.2) is 0 Å². The molecule has 0 radical (unpaired) electrons. The van der Waals surface area contributed by atoms with Gasteiger partial charge in [-0.15, -0.1) is 0 Å². The number of hydrogen-bond donors (Lipinski definition) is 6. The molecule has 0 saturated heterocycles. The molecule has 12 heteroatoms. The van der Waals surface area contributed by atoms with E-state index < -0.39 is 104 Å². The number of carboxylic acid groups (broad SMARTS) is 3. The number of aliphatic hydroxyl groups is 3. The van der Waals surface area contributed by atoms with Crippen molar-refractivity contribution >= 4 is 35.3 Å². The zero-order valence-corrected chi connectivity index (χ0v) is 15.5. The summed E-state index contributed by atoms with van der Waals surface area (Å²) in [6.45, 7) is -3.16. The minimum Gasteiger partial charge on any atom is -0.481 e. The molecule has 0 amide bonds. The van der Waals surface area contributed by atoms with E-state index in [-0.39, 0.29) is 0 Å². The number of rotatable bonds is 16. The van der Waals surface area contributed by atoms with Crippen molar-refractivity contribution in [1.29, 1.82) is 0 Å². The standard InChI is InChI=1S/C17H24O12/c18-7-17(8-19,9-20)16(4-10(21)1-13(24)25,5-11(22)2-14(26)27)6-12(23)3-15(28)29/h18-20H,1-9H2,(H,24,25)(H,26,27)(H,28,29). The zero-order valence-electron chi connectivity index (χ0n) is 15.5. The highest BCUT2D eigenvalue weighted by atomic mass is 16.4. The van der Waals surface area contributed by atoms with Crippen LogP contribution in [0.25, 0.3) is 0 Å². The summed E-state index contributed by atoms with van der Waals surface area (Å²) in [5.41, 5.74) is -4.18. The Labute approximate surface area is 164 Å². The Morgan fingerprint density at radius 1 is 0.483 bits per heavy atom. The van der Waals surface area contributed by atoms with Gasteiger partial charge in [-0.1, -0.05) is 0 Å². The largest absolute Gasteiger partial charge is 0.481 e. The number of carbonyl (C=O) groups excluding carboxylic acids is 3. The number of ketones is 3. The number of hydrogen-bond acceptors (Lipinski definition) is 9. The van der Waals surface area contributed by atoms with E-state index in [9.17, 15) is 44.1 Å². The Kier molecular flexibility index (Phi) is 10.3. The van der Waals surface area contributed by atoms with Gasteiger partial charge in [0, 0.05) is 30.1 Å². The van der Waals surface area contributed by atoms with Gasteiger partial charge in [-0.3, -0.25) is 28.8 Å². The number of carbonyl (C=O) groups is 6. The van der Waals surface area contributed by atoms with E-state index in [1.807, 2.05) is 0 Å². The fraction of sp³-hybridized carbons (Fsp3) is 0.647. The van der Waals surface area contributed by atoms with Crippen molar-refractivity contribution in [2.75, 3.05) is 19.8 Å². The summed E-state index contributed by atoms with van der Waals surface area (Å²) in [5, 5.41) is 55.8. The first-order chi connectivity index (χ1) is 13.4. The molecule has 6 N–H and O–H groups in total. The van der Waals surface area contributed by atoms with Crippen molar-refractivity contribution in [3.63, 3.8) is 0 Å². The molecule has 0 heterocycles. The summed E-state index contributed by atoms with van der Waals surface area (Å²) in [6.07, 6.45) is -5.80. The van der Waals surface area contributed by atoms with Crippen molar-refractivity contribution in [2.45, 2.75) is 38.5 Å². The second-order valence-electron chi connectivity index (χ2n) is 6.89. The third-order valence-corrected chi connectivity index (χ3v) is 4.68. The van der Waals surface area contributed by atoms with Gasteiger partial charge in [0.1, 0.15) is 36.6 Å². The molecule has 0 aromatic carbocycles. The molecule has 0 aromatic heterocycles. The molecule has 0 spiro atoms. The van der Waals surface area contributed by atoms with Crippen LogP contribution in [0.2, 0.25) is 0 Å². The molecule has 0 fully saturated rings. The van der Waals surface area contributed by atoms with Gasteiger partial charge in [0.25, 0.3) is 0 Å². The van der Waals surface area contributed by atoms with Crippen LogP contribution in [0.4, 0.5) is 0 Å². The van der Waals surface area contributed by atoms with Crippen LogP contribution >= 0.6 is 0 Å². The Morgan fingerprint density at radius 3 is 0.897 bits per heavy atom. The van der Waals surface area contributed by atoms with Crippen LogP contribution in [-0.2, 0) is 28.8 Å². The predicted molar refractivity (Wildman–Crippen MR) is 91.8 cm³/mol. The topological polar surface area (TPSA) is 224 Å². The number of aliphatic carboxylic acids is 3. The van der Waals surface area contributed by atoms with Crippen molar-refractivity contribution in [1.82, 2.24) is 0 Å². The first kappa shape index (κ1) is 26.3. The molecule has 29 heavy (non-hydrogen) atoms. The highest BCUT2D eigenvalue weighted by Crippen LogP contribution is 2.49. The van der Waals surface area contributed by atoms with Crippen LogP contribution in [0.15, 0.2) is 0 Å². The molecular weight excluding hydrogens is 396 g/mol. The normalized spacial score (nSPS) is 11.7. The monoisotopic (exact) mass is 420 g/mol. The third-order valence-electron chi connectivity index (χ3n) is 4.68. The van der Waals surface area contributed by atoms with E-state index >= 15 is 0 Å². The van der Waals surface area contributed by atoms with Crippen LogP contribution in [0.5, 0.6) is 0 Å². The van der Waals surface area contributed by atoms with Crippen LogP contribution in [0.1, 0.15) is 38.5 Å². The lowest BCUT2D eigenvalue weighted by Gasteiger charge is -2.47. The lowest BCUT2D eigenvalue weighted by molar-refractivity contribution is -0.150. The Morgan fingerprint density at radius 2 is 0.724 bits per heavy atom. The van der Waals surface area contributed by atoms with Gasteiger partial charge in [0.2, 0.25) is 0 Å². The molecule has 0 unspecified atom stereocenters. The van der Waals surface area contributed by atoms with Crippen LogP contribution in [0, 0.1) is 10.8 Å². The van der Waals surface area contributed by atoms with Crippen molar-refractivity contribution in [3.8, 4) is 0 Å². The van der Waals surface area contributed by atoms with Crippen LogP contribution in [-0.4, -0.2) is 85.7 Å². The number of Topliss-reactive ketones (excluding diaryl/α,β-unsaturated/α-hetero) is 3. The molecule has 0 aliphatic heterocycles. The summed E-state index contributed by atoms with van der Waals surface area (Å²) in [4.78, 5) is 69.1.